The molecule has 2 aliphatic rings. The summed E-state index contributed by atoms with van der Waals surface area (Å²) in [5.41, 5.74) is 1.30. The van der Waals surface area contributed by atoms with Gasteiger partial charge in [0.2, 0.25) is 5.91 Å². The predicted octanol–water partition coefficient (Wildman–Crippen LogP) is 2.78. The molecule has 2 fully saturated rings. The van der Waals surface area contributed by atoms with Crippen LogP contribution in [0, 0.1) is 17.8 Å². The van der Waals surface area contributed by atoms with E-state index in [9.17, 15) is 4.79 Å². The average molecular weight is 243 g/mol. The molecule has 0 unspecified atom stereocenters. The van der Waals surface area contributed by atoms with Crippen LogP contribution in [0.1, 0.15) is 31.2 Å². The highest BCUT2D eigenvalue weighted by Gasteiger charge is 2.42. The molecular weight excluding hydrogens is 222 g/mol. The Balaban J connectivity index is 1.45. The third-order valence-electron chi connectivity index (χ3n) is 4.63. The van der Waals surface area contributed by atoms with Gasteiger partial charge < -0.3 is 5.32 Å². The number of nitrogens with one attached hydrogen (secondary N) is 1. The standard InChI is InChI=1S/C16H21NO/c18-16(15-11-13-6-7-14(15)10-13)17-9-8-12-4-2-1-3-5-12/h1-5,13-15H,6-11H2,(H,17,18)/t13-,14-,15-/m0/s1. The molecule has 0 saturated heterocycles. The summed E-state index contributed by atoms with van der Waals surface area (Å²) in [6.07, 6.45) is 6.02. The summed E-state index contributed by atoms with van der Waals surface area (Å²) >= 11 is 0. The second-order valence-corrected chi connectivity index (χ2v) is 5.81. The number of carbonyl (C=O) groups excluding carboxylic acids is 1. The molecule has 0 aliphatic heterocycles. The molecule has 1 aromatic rings. The lowest BCUT2D eigenvalue weighted by Crippen LogP contribution is -2.34. The van der Waals surface area contributed by atoms with E-state index in [2.05, 4.69) is 17.4 Å². The minimum absolute atomic E-state index is 0.304. The highest BCUT2D eigenvalue weighted by atomic mass is 16.1. The molecular formula is C16H21NO. The van der Waals surface area contributed by atoms with E-state index in [-0.39, 0.29) is 0 Å². The van der Waals surface area contributed by atoms with Crippen LogP contribution < -0.4 is 5.32 Å². The van der Waals surface area contributed by atoms with Crippen LogP contribution in [0.2, 0.25) is 0 Å². The van der Waals surface area contributed by atoms with Crippen molar-refractivity contribution >= 4 is 5.91 Å². The molecule has 1 aromatic carbocycles. The number of benzene rings is 1. The van der Waals surface area contributed by atoms with Gasteiger partial charge in [0.15, 0.2) is 0 Å². The summed E-state index contributed by atoms with van der Waals surface area (Å²) in [7, 11) is 0. The molecule has 96 valence electrons. The molecule has 0 spiro atoms. The third-order valence-corrected chi connectivity index (χ3v) is 4.63. The summed E-state index contributed by atoms with van der Waals surface area (Å²) in [4.78, 5) is 12.1. The monoisotopic (exact) mass is 243 g/mol. The van der Waals surface area contributed by atoms with Crippen molar-refractivity contribution in [3.8, 4) is 0 Å². The molecule has 0 radical (unpaired) electrons. The molecule has 1 N–H and O–H groups in total. The van der Waals surface area contributed by atoms with Gasteiger partial charge in [0.1, 0.15) is 0 Å². The van der Waals surface area contributed by atoms with Crippen LogP contribution in [0.4, 0.5) is 0 Å². The van der Waals surface area contributed by atoms with Crippen molar-refractivity contribution in [3.63, 3.8) is 0 Å². The minimum atomic E-state index is 0.304. The van der Waals surface area contributed by atoms with E-state index in [0.29, 0.717) is 17.7 Å². The van der Waals surface area contributed by atoms with Gasteiger partial charge in [-0.15, -0.1) is 0 Å². The van der Waals surface area contributed by atoms with Crippen LogP contribution in [0.3, 0.4) is 0 Å². The number of rotatable bonds is 4. The maximum atomic E-state index is 12.1. The molecule has 3 atom stereocenters. The molecule has 2 saturated carbocycles. The normalized spacial score (nSPS) is 29.4. The van der Waals surface area contributed by atoms with Crippen LogP contribution in [-0.2, 0) is 11.2 Å². The Morgan fingerprint density at radius 2 is 2.00 bits per heavy atom. The lowest BCUT2D eigenvalue weighted by Gasteiger charge is -2.20. The lowest BCUT2D eigenvalue weighted by molar-refractivity contribution is -0.126. The van der Waals surface area contributed by atoms with Crippen LogP contribution in [0.5, 0.6) is 0 Å². The predicted molar refractivity (Wildman–Crippen MR) is 72.1 cm³/mol. The summed E-state index contributed by atoms with van der Waals surface area (Å²) in [5.74, 6) is 2.16. The van der Waals surface area contributed by atoms with Crippen molar-refractivity contribution in [1.82, 2.24) is 5.32 Å². The first-order chi connectivity index (χ1) is 8.83. The second-order valence-electron chi connectivity index (χ2n) is 5.81. The zero-order valence-corrected chi connectivity index (χ0v) is 10.8. The second kappa shape index (κ2) is 5.13. The maximum Gasteiger partial charge on any atom is 0.223 e. The molecule has 1 amide bonds. The molecule has 2 heteroatoms. The van der Waals surface area contributed by atoms with Crippen LogP contribution in [0.15, 0.2) is 30.3 Å². The maximum absolute atomic E-state index is 12.1. The van der Waals surface area contributed by atoms with Gasteiger partial charge in [0.25, 0.3) is 0 Å². The highest BCUT2D eigenvalue weighted by Crippen LogP contribution is 2.48. The summed E-state index contributed by atoms with van der Waals surface area (Å²) in [6.45, 7) is 0.775. The van der Waals surface area contributed by atoms with Crippen molar-refractivity contribution < 1.29 is 4.79 Å². The number of carbonyl (C=O) groups is 1. The molecule has 0 heterocycles. The van der Waals surface area contributed by atoms with E-state index >= 15 is 0 Å². The Labute approximate surface area is 109 Å². The van der Waals surface area contributed by atoms with Gasteiger partial charge in [0, 0.05) is 12.5 Å². The van der Waals surface area contributed by atoms with Crippen molar-refractivity contribution in [3.05, 3.63) is 35.9 Å². The van der Waals surface area contributed by atoms with Crippen LogP contribution >= 0.6 is 0 Å². The van der Waals surface area contributed by atoms with E-state index in [4.69, 9.17) is 0 Å². The SMILES string of the molecule is O=C(NCCc1ccccc1)[C@H]1C[C@H]2CC[C@H]1C2. The molecule has 0 aromatic heterocycles. The Kier molecular flexibility index (Phi) is 3.35. The molecule has 18 heavy (non-hydrogen) atoms. The van der Waals surface area contributed by atoms with Crippen molar-refractivity contribution in [1.29, 1.82) is 0 Å². The summed E-state index contributed by atoms with van der Waals surface area (Å²) in [6, 6.07) is 10.4. The Morgan fingerprint density at radius 3 is 2.67 bits per heavy atom. The number of fused-ring (bicyclic) bond motifs is 2. The van der Waals surface area contributed by atoms with E-state index in [1.54, 1.807) is 0 Å². The molecule has 2 nitrogen and oxygen atoms in total. The largest absolute Gasteiger partial charge is 0.356 e. The Bertz CT molecular complexity index is 414. The first-order valence-corrected chi connectivity index (χ1v) is 7.14. The van der Waals surface area contributed by atoms with Crippen LogP contribution in [0.25, 0.3) is 0 Å². The van der Waals surface area contributed by atoms with E-state index in [1.165, 1.54) is 24.8 Å². The molecule has 2 bridgehead atoms. The summed E-state index contributed by atoms with van der Waals surface area (Å²) in [5, 5.41) is 3.12. The van der Waals surface area contributed by atoms with Gasteiger partial charge in [-0.25, -0.2) is 0 Å². The smallest absolute Gasteiger partial charge is 0.223 e. The van der Waals surface area contributed by atoms with Gasteiger partial charge in [0.05, 0.1) is 0 Å². The van der Waals surface area contributed by atoms with Gasteiger partial charge in [-0.05, 0) is 43.1 Å². The van der Waals surface area contributed by atoms with Gasteiger partial charge >= 0.3 is 0 Å². The van der Waals surface area contributed by atoms with Gasteiger partial charge in [-0.3, -0.25) is 4.79 Å². The van der Waals surface area contributed by atoms with Crippen LogP contribution in [-0.4, -0.2) is 12.5 Å². The quantitative estimate of drug-likeness (QED) is 0.865. The van der Waals surface area contributed by atoms with Crippen molar-refractivity contribution in [2.75, 3.05) is 6.54 Å². The molecule has 3 rings (SSSR count). The van der Waals surface area contributed by atoms with Crippen molar-refractivity contribution in [2.24, 2.45) is 17.8 Å². The van der Waals surface area contributed by atoms with Gasteiger partial charge in [-0.2, -0.15) is 0 Å². The molecule has 2 aliphatic carbocycles. The number of hydrogen-bond donors (Lipinski definition) is 1. The van der Waals surface area contributed by atoms with E-state index in [1.807, 2.05) is 18.2 Å². The first-order valence-electron chi connectivity index (χ1n) is 7.14. The number of hydrogen-bond acceptors (Lipinski definition) is 1. The third kappa shape index (κ3) is 2.43. The fraction of sp³-hybridized carbons (Fsp3) is 0.562. The fourth-order valence-electron chi connectivity index (χ4n) is 3.67. The highest BCUT2D eigenvalue weighted by molar-refractivity contribution is 5.79. The summed E-state index contributed by atoms with van der Waals surface area (Å²) < 4.78 is 0. The topological polar surface area (TPSA) is 29.1 Å². The number of amides is 1. The lowest BCUT2D eigenvalue weighted by atomic mass is 9.88. The minimum Gasteiger partial charge on any atom is -0.356 e. The first kappa shape index (κ1) is 11.8. The van der Waals surface area contributed by atoms with Crippen molar-refractivity contribution in [2.45, 2.75) is 32.1 Å². The van der Waals surface area contributed by atoms with E-state index < -0.39 is 0 Å². The Morgan fingerprint density at radius 1 is 1.17 bits per heavy atom. The Hall–Kier alpha value is -1.31. The zero-order valence-electron chi connectivity index (χ0n) is 10.8. The van der Waals surface area contributed by atoms with Gasteiger partial charge in [-0.1, -0.05) is 36.8 Å². The zero-order chi connectivity index (χ0) is 12.4. The average Bonchev–Trinajstić information content (AvgIpc) is 3.02. The fourth-order valence-corrected chi connectivity index (χ4v) is 3.67. The van der Waals surface area contributed by atoms with E-state index in [0.717, 1.165) is 25.3 Å².